The molecule has 3 heterocycles. The number of halogens is 1. The van der Waals surface area contributed by atoms with Crippen LogP contribution in [0.3, 0.4) is 0 Å². The highest BCUT2D eigenvalue weighted by molar-refractivity contribution is 9.10. The van der Waals surface area contributed by atoms with E-state index in [1.54, 1.807) is 28.9 Å². The van der Waals surface area contributed by atoms with Crippen LogP contribution in [-0.2, 0) is 11.3 Å². The lowest BCUT2D eigenvalue weighted by molar-refractivity contribution is 0.102. The number of nitrogens with one attached hydrogen (secondary N) is 1. The molecule has 0 unspecified atom stereocenters. The summed E-state index contributed by atoms with van der Waals surface area (Å²) in [6.45, 7) is 2.69. The van der Waals surface area contributed by atoms with Crippen LogP contribution in [0, 0.1) is 0 Å². The predicted molar refractivity (Wildman–Crippen MR) is 77.2 cm³/mol. The molecule has 0 aliphatic carbocycles. The molecule has 0 bridgehead atoms. The number of aromatic nitrogens is 5. The summed E-state index contributed by atoms with van der Waals surface area (Å²) in [6.07, 6.45) is 3.29. The van der Waals surface area contributed by atoms with Crippen molar-refractivity contribution in [3.05, 3.63) is 28.3 Å². The van der Waals surface area contributed by atoms with Gasteiger partial charge in [0.15, 0.2) is 5.69 Å². The molecular weight excluding hydrogens is 340 g/mol. The molecule has 112 valence electrons. The van der Waals surface area contributed by atoms with E-state index in [0.717, 1.165) is 13.1 Å². The summed E-state index contributed by atoms with van der Waals surface area (Å²) in [6, 6.07) is 0.279. The van der Waals surface area contributed by atoms with E-state index in [0.29, 0.717) is 29.0 Å². The quantitative estimate of drug-likeness (QED) is 0.748. The second-order valence-corrected chi connectivity index (χ2v) is 5.64. The molecule has 8 nitrogen and oxygen atoms in total. The van der Waals surface area contributed by atoms with E-state index in [1.165, 1.54) is 0 Å². The summed E-state index contributed by atoms with van der Waals surface area (Å²) in [5, 5.41) is 15.3. The lowest BCUT2D eigenvalue weighted by Gasteiger charge is -2.26. The Hall–Kier alpha value is -1.58. The van der Waals surface area contributed by atoms with Crippen molar-refractivity contribution in [2.24, 2.45) is 0 Å². The SMILES string of the molecule is COCCn1ncc(Br)c1C(=O)c1cn(C2CNC2)nn1. The van der Waals surface area contributed by atoms with E-state index in [-0.39, 0.29) is 11.8 Å². The van der Waals surface area contributed by atoms with Crippen LogP contribution in [0.2, 0.25) is 0 Å². The van der Waals surface area contributed by atoms with Crippen molar-refractivity contribution in [3.8, 4) is 0 Å². The minimum absolute atomic E-state index is 0.200. The average molecular weight is 355 g/mol. The van der Waals surface area contributed by atoms with Gasteiger partial charge in [-0.3, -0.25) is 9.48 Å². The first-order valence-electron chi connectivity index (χ1n) is 6.58. The minimum atomic E-state index is -0.200. The zero-order valence-corrected chi connectivity index (χ0v) is 13.1. The Labute approximate surface area is 129 Å². The summed E-state index contributed by atoms with van der Waals surface area (Å²) in [5.74, 6) is -0.200. The van der Waals surface area contributed by atoms with Gasteiger partial charge >= 0.3 is 0 Å². The number of rotatable bonds is 6. The van der Waals surface area contributed by atoms with Crippen molar-refractivity contribution in [1.82, 2.24) is 30.1 Å². The molecule has 1 saturated heterocycles. The third-order valence-corrected chi connectivity index (χ3v) is 3.97. The van der Waals surface area contributed by atoms with Gasteiger partial charge in [0.05, 0.1) is 36.1 Å². The van der Waals surface area contributed by atoms with Crippen molar-refractivity contribution < 1.29 is 9.53 Å². The van der Waals surface area contributed by atoms with Crippen LogP contribution in [-0.4, -0.2) is 57.4 Å². The second-order valence-electron chi connectivity index (χ2n) is 4.78. The molecule has 21 heavy (non-hydrogen) atoms. The summed E-state index contributed by atoms with van der Waals surface area (Å²) in [5.41, 5.74) is 0.785. The summed E-state index contributed by atoms with van der Waals surface area (Å²) < 4.78 is 9.01. The van der Waals surface area contributed by atoms with Gasteiger partial charge in [-0.2, -0.15) is 5.10 Å². The van der Waals surface area contributed by atoms with Gasteiger partial charge in [-0.25, -0.2) is 4.68 Å². The Bertz CT molecular complexity index is 648. The molecule has 0 radical (unpaired) electrons. The highest BCUT2D eigenvalue weighted by Crippen LogP contribution is 2.20. The highest BCUT2D eigenvalue weighted by atomic mass is 79.9. The van der Waals surface area contributed by atoms with E-state index in [1.807, 2.05) is 0 Å². The lowest BCUT2D eigenvalue weighted by Crippen LogP contribution is -2.43. The standard InChI is InChI=1S/C12H15BrN6O2/c1-21-3-2-18-11(9(13)6-15-18)12(20)10-7-19(17-16-10)8-4-14-5-8/h6-8,14H,2-5H2,1H3. The summed E-state index contributed by atoms with van der Waals surface area (Å²) in [4.78, 5) is 12.6. The van der Waals surface area contributed by atoms with Gasteiger partial charge in [-0.05, 0) is 15.9 Å². The number of methoxy groups -OCH3 is 1. The van der Waals surface area contributed by atoms with E-state index in [9.17, 15) is 4.79 Å². The molecule has 2 aromatic heterocycles. The number of hydrogen-bond donors (Lipinski definition) is 1. The number of carbonyl (C=O) groups excluding carboxylic acids is 1. The molecule has 3 rings (SSSR count). The van der Waals surface area contributed by atoms with Gasteiger partial charge in [0, 0.05) is 20.2 Å². The second kappa shape index (κ2) is 6.04. The maximum atomic E-state index is 12.6. The first-order chi connectivity index (χ1) is 10.2. The van der Waals surface area contributed by atoms with Gasteiger partial charge in [0.2, 0.25) is 5.78 Å². The molecule has 1 fully saturated rings. The van der Waals surface area contributed by atoms with Gasteiger partial charge in [0.1, 0.15) is 5.69 Å². The molecule has 0 aromatic carbocycles. The van der Waals surface area contributed by atoms with Crippen molar-refractivity contribution in [3.63, 3.8) is 0 Å². The molecule has 9 heteroatoms. The summed E-state index contributed by atoms with van der Waals surface area (Å²) in [7, 11) is 1.61. The maximum Gasteiger partial charge on any atom is 0.234 e. The number of hydrogen-bond acceptors (Lipinski definition) is 6. The van der Waals surface area contributed by atoms with Gasteiger partial charge < -0.3 is 10.1 Å². The van der Waals surface area contributed by atoms with Crippen LogP contribution in [0.4, 0.5) is 0 Å². The molecule has 0 atom stereocenters. The molecule has 0 spiro atoms. The number of nitrogens with zero attached hydrogens (tertiary/aromatic N) is 5. The minimum Gasteiger partial charge on any atom is -0.383 e. The van der Waals surface area contributed by atoms with Crippen LogP contribution in [0.15, 0.2) is 16.9 Å². The van der Waals surface area contributed by atoms with Crippen LogP contribution < -0.4 is 5.32 Å². The monoisotopic (exact) mass is 354 g/mol. The predicted octanol–water partition coefficient (Wildman–Crippen LogP) is 0.259. The molecule has 1 N–H and O–H groups in total. The Morgan fingerprint density at radius 2 is 2.38 bits per heavy atom. The van der Waals surface area contributed by atoms with E-state index in [2.05, 4.69) is 36.7 Å². The average Bonchev–Trinajstić information content (AvgIpc) is 3.01. The smallest absolute Gasteiger partial charge is 0.234 e. The topological polar surface area (TPSA) is 86.9 Å². The van der Waals surface area contributed by atoms with Crippen molar-refractivity contribution in [1.29, 1.82) is 0 Å². The third kappa shape index (κ3) is 2.76. The van der Waals surface area contributed by atoms with Crippen LogP contribution in [0.5, 0.6) is 0 Å². The fraction of sp³-hybridized carbons (Fsp3) is 0.500. The molecule has 0 amide bonds. The first kappa shape index (κ1) is 14.4. The van der Waals surface area contributed by atoms with E-state index in [4.69, 9.17) is 4.74 Å². The lowest BCUT2D eigenvalue weighted by atomic mass is 10.2. The molecule has 2 aromatic rings. The Balaban J connectivity index is 1.84. The van der Waals surface area contributed by atoms with Crippen molar-refractivity contribution in [2.75, 3.05) is 26.8 Å². The normalized spacial score (nSPS) is 15.1. The van der Waals surface area contributed by atoms with Crippen molar-refractivity contribution >= 4 is 21.7 Å². The fourth-order valence-electron chi connectivity index (χ4n) is 2.08. The van der Waals surface area contributed by atoms with Gasteiger partial charge in [-0.1, -0.05) is 5.21 Å². The molecule has 0 saturated carbocycles. The number of carbonyl (C=O) groups is 1. The fourth-order valence-corrected chi connectivity index (χ4v) is 2.55. The van der Waals surface area contributed by atoms with Gasteiger partial charge in [0.25, 0.3) is 0 Å². The molecule has 1 aliphatic heterocycles. The Morgan fingerprint density at radius 3 is 3.05 bits per heavy atom. The van der Waals surface area contributed by atoms with Crippen LogP contribution in [0.25, 0.3) is 0 Å². The summed E-state index contributed by atoms with van der Waals surface area (Å²) >= 11 is 3.36. The Morgan fingerprint density at radius 1 is 1.57 bits per heavy atom. The zero-order chi connectivity index (χ0) is 14.8. The third-order valence-electron chi connectivity index (χ3n) is 3.39. The first-order valence-corrected chi connectivity index (χ1v) is 7.37. The van der Waals surface area contributed by atoms with E-state index < -0.39 is 0 Å². The van der Waals surface area contributed by atoms with Crippen LogP contribution >= 0.6 is 15.9 Å². The van der Waals surface area contributed by atoms with E-state index >= 15 is 0 Å². The number of ketones is 1. The molecule has 1 aliphatic rings. The highest BCUT2D eigenvalue weighted by Gasteiger charge is 2.25. The van der Waals surface area contributed by atoms with Gasteiger partial charge in [-0.15, -0.1) is 5.10 Å². The Kier molecular flexibility index (Phi) is 4.13. The van der Waals surface area contributed by atoms with Crippen molar-refractivity contribution in [2.45, 2.75) is 12.6 Å². The maximum absolute atomic E-state index is 12.6. The largest absolute Gasteiger partial charge is 0.383 e. The zero-order valence-electron chi connectivity index (χ0n) is 11.5. The molecular formula is C12H15BrN6O2. The number of ether oxygens (including phenoxy) is 1. The van der Waals surface area contributed by atoms with Crippen LogP contribution in [0.1, 0.15) is 22.2 Å².